The minimum atomic E-state index is -0.959. The van der Waals surface area contributed by atoms with E-state index in [4.69, 9.17) is 14.6 Å². The van der Waals surface area contributed by atoms with E-state index in [0.29, 0.717) is 24.5 Å². The van der Waals surface area contributed by atoms with E-state index in [1.165, 1.54) is 32.1 Å². The van der Waals surface area contributed by atoms with E-state index in [2.05, 4.69) is 6.58 Å². The lowest BCUT2D eigenvalue weighted by atomic mass is 10.1. The molecule has 0 aliphatic heterocycles. The summed E-state index contributed by atoms with van der Waals surface area (Å²) in [5, 5.41) is 9.10. The van der Waals surface area contributed by atoms with Crippen LogP contribution in [0.1, 0.15) is 75.1 Å². The Morgan fingerprint density at radius 2 is 1.41 bits per heavy atom. The molecular weight excluding hydrogens is 344 g/mol. The predicted octanol–water partition coefficient (Wildman–Crippen LogP) is 5.39. The molecule has 0 saturated heterocycles. The molecule has 1 N–H and O–H groups in total. The van der Waals surface area contributed by atoms with Crippen LogP contribution in [-0.2, 0) is 9.53 Å². The summed E-state index contributed by atoms with van der Waals surface area (Å²) >= 11 is 0. The number of unbranched alkanes of at least 4 members (excludes halogenated alkanes) is 8. The fourth-order valence-electron chi connectivity index (χ4n) is 2.68. The Kier molecular flexibility index (Phi) is 11.7. The number of para-hydroxylation sites is 1. The Labute approximate surface area is 162 Å². The summed E-state index contributed by atoms with van der Waals surface area (Å²) in [4.78, 5) is 22.3. The Balaban J connectivity index is 1.92. The largest absolute Gasteiger partial charge is 0.493 e. The molecule has 0 atom stereocenters. The van der Waals surface area contributed by atoms with E-state index in [9.17, 15) is 9.59 Å². The Bertz CT molecular complexity index is 594. The number of rotatable bonds is 15. The van der Waals surface area contributed by atoms with Gasteiger partial charge in [-0.15, -0.1) is 0 Å². The standard InChI is InChI=1S/C22H32O5/c1-18(2)22(25)27-17-13-9-7-5-3-4-6-8-12-16-26-20-15-11-10-14-19(20)21(23)24/h10-11,14-15H,1,3-9,12-13,16-17H2,2H3,(H,23,24). The topological polar surface area (TPSA) is 72.8 Å². The molecule has 1 aromatic rings. The van der Waals surface area contributed by atoms with Gasteiger partial charge in [-0.1, -0.05) is 63.7 Å². The van der Waals surface area contributed by atoms with Crippen LogP contribution in [0.5, 0.6) is 5.75 Å². The molecule has 0 radical (unpaired) electrons. The molecule has 0 aliphatic rings. The van der Waals surface area contributed by atoms with Crippen LogP contribution < -0.4 is 4.74 Å². The van der Waals surface area contributed by atoms with E-state index in [0.717, 1.165) is 25.7 Å². The number of hydrogen-bond acceptors (Lipinski definition) is 4. The lowest BCUT2D eigenvalue weighted by Crippen LogP contribution is -2.05. The Morgan fingerprint density at radius 3 is 1.96 bits per heavy atom. The van der Waals surface area contributed by atoms with E-state index < -0.39 is 5.97 Å². The molecule has 0 fully saturated rings. The van der Waals surface area contributed by atoms with Crippen LogP contribution in [-0.4, -0.2) is 30.3 Å². The fraction of sp³-hybridized carbons (Fsp3) is 0.545. The second-order valence-corrected chi connectivity index (χ2v) is 6.75. The van der Waals surface area contributed by atoms with Crippen LogP contribution in [0.2, 0.25) is 0 Å². The summed E-state index contributed by atoms with van der Waals surface area (Å²) in [6.07, 6.45) is 9.98. The molecule has 0 unspecified atom stereocenters. The van der Waals surface area contributed by atoms with Gasteiger partial charge in [0.1, 0.15) is 11.3 Å². The molecule has 1 aromatic carbocycles. The van der Waals surface area contributed by atoms with Crippen molar-refractivity contribution in [1.29, 1.82) is 0 Å². The number of benzene rings is 1. The molecule has 1 rings (SSSR count). The van der Waals surface area contributed by atoms with Gasteiger partial charge < -0.3 is 14.6 Å². The lowest BCUT2D eigenvalue weighted by Gasteiger charge is -2.08. The second kappa shape index (κ2) is 13.8. The van der Waals surface area contributed by atoms with E-state index in [1.54, 1.807) is 31.2 Å². The van der Waals surface area contributed by atoms with Gasteiger partial charge in [0.2, 0.25) is 0 Å². The Morgan fingerprint density at radius 1 is 0.889 bits per heavy atom. The molecule has 27 heavy (non-hydrogen) atoms. The highest BCUT2D eigenvalue weighted by atomic mass is 16.5. The maximum absolute atomic E-state index is 11.2. The van der Waals surface area contributed by atoms with Gasteiger partial charge in [0.25, 0.3) is 0 Å². The summed E-state index contributed by atoms with van der Waals surface area (Å²) in [7, 11) is 0. The SMILES string of the molecule is C=C(C)C(=O)OCCCCCCCCCCCOc1ccccc1C(=O)O. The van der Waals surface area contributed by atoms with Crippen LogP contribution in [0.25, 0.3) is 0 Å². The quantitative estimate of drug-likeness (QED) is 0.252. The van der Waals surface area contributed by atoms with Crippen molar-refractivity contribution in [1.82, 2.24) is 0 Å². The number of carbonyl (C=O) groups excluding carboxylic acids is 1. The third-order valence-electron chi connectivity index (χ3n) is 4.25. The van der Waals surface area contributed by atoms with Crippen molar-refractivity contribution in [3.8, 4) is 5.75 Å². The summed E-state index contributed by atoms with van der Waals surface area (Å²) < 4.78 is 10.6. The van der Waals surface area contributed by atoms with E-state index >= 15 is 0 Å². The highest BCUT2D eigenvalue weighted by molar-refractivity contribution is 5.90. The van der Waals surface area contributed by atoms with E-state index in [1.807, 2.05) is 0 Å². The number of carboxylic acid groups (broad SMARTS) is 1. The zero-order valence-electron chi connectivity index (χ0n) is 16.4. The molecule has 5 heteroatoms. The van der Waals surface area contributed by atoms with Crippen molar-refractivity contribution in [2.45, 2.75) is 64.7 Å². The normalized spacial score (nSPS) is 10.4. The van der Waals surface area contributed by atoms with Crippen LogP contribution in [0.3, 0.4) is 0 Å². The molecule has 0 amide bonds. The number of carboxylic acids is 1. The molecule has 0 spiro atoms. The minimum Gasteiger partial charge on any atom is -0.493 e. The average molecular weight is 376 g/mol. The van der Waals surface area contributed by atoms with Crippen molar-refractivity contribution in [2.24, 2.45) is 0 Å². The van der Waals surface area contributed by atoms with Gasteiger partial charge >= 0.3 is 11.9 Å². The molecular formula is C22H32O5. The third kappa shape index (κ3) is 10.4. The number of ether oxygens (including phenoxy) is 2. The van der Waals surface area contributed by atoms with Crippen LogP contribution >= 0.6 is 0 Å². The van der Waals surface area contributed by atoms with Gasteiger partial charge in [-0.05, 0) is 31.9 Å². The molecule has 0 aromatic heterocycles. The monoisotopic (exact) mass is 376 g/mol. The molecule has 0 aliphatic carbocycles. The lowest BCUT2D eigenvalue weighted by molar-refractivity contribution is -0.139. The van der Waals surface area contributed by atoms with Crippen molar-refractivity contribution < 1.29 is 24.2 Å². The molecule has 0 saturated carbocycles. The maximum Gasteiger partial charge on any atom is 0.339 e. The fourth-order valence-corrected chi connectivity index (χ4v) is 2.68. The smallest absolute Gasteiger partial charge is 0.339 e. The number of aromatic carboxylic acids is 1. The van der Waals surface area contributed by atoms with Gasteiger partial charge in [-0.25, -0.2) is 9.59 Å². The van der Waals surface area contributed by atoms with Gasteiger partial charge in [0.05, 0.1) is 13.2 Å². The van der Waals surface area contributed by atoms with Crippen LogP contribution in [0.15, 0.2) is 36.4 Å². The van der Waals surface area contributed by atoms with Crippen molar-refractivity contribution in [2.75, 3.05) is 13.2 Å². The predicted molar refractivity (Wildman–Crippen MR) is 106 cm³/mol. The summed E-state index contributed by atoms with van der Waals surface area (Å²) in [5.74, 6) is -0.816. The first kappa shape index (κ1) is 22.7. The first-order valence-corrected chi connectivity index (χ1v) is 9.80. The Hall–Kier alpha value is -2.30. The second-order valence-electron chi connectivity index (χ2n) is 6.75. The maximum atomic E-state index is 11.2. The van der Waals surface area contributed by atoms with Gasteiger partial charge in [0.15, 0.2) is 0 Å². The summed E-state index contributed by atoms with van der Waals surface area (Å²) in [6, 6.07) is 6.74. The molecule has 150 valence electrons. The zero-order chi connectivity index (χ0) is 19.9. The highest BCUT2D eigenvalue weighted by Crippen LogP contribution is 2.18. The first-order chi connectivity index (χ1) is 13.0. The van der Waals surface area contributed by atoms with Gasteiger partial charge in [-0.3, -0.25) is 0 Å². The van der Waals surface area contributed by atoms with Crippen molar-refractivity contribution in [3.05, 3.63) is 42.0 Å². The van der Waals surface area contributed by atoms with E-state index in [-0.39, 0.29) is 11.5 Å². The third-order valence-corrected chi connectivity index (χ3v) is 4.25. The zero-order valence-corrected chi connectivity index (χ0v) is 16.4. The van der Waals surface area contributed by atoms with Crippen molar-refractivity contribution >= 4 is 11.9 Å². The highest BCUT2D eigenvalue weighted by Gasteiger charge is 2.09. The van der Waals surface area contributed by atoms with Crippen molar-refractivity contribution in [3.63, 3.8) is 0 Å². The van der Waals surface area contributed by atoms with Gasteiger partial charge in [-0.2, -0.15) is 0 Å². The van der Waals surface area contributed by atoms with Crippen LogP contribution in [0.4, 0.5) is 0 Å². The molecule has 5 nitrogen and oxygen atoms in total. The number of carbonyl (C=O) groups is 2. The summed E-state index contributed by atoms with van der Waals surface area (Å²) in [5.41, 5.74) is 0.665. The van der Waals surface area contributed by atoms with Gasteiger partial charge in [0, 0.05) is 5.57 Å². The molecule has 0 bridgehead atoms. The van der Waals surface area contributed by atoms with Crippen LogP contribution in [0, 0.1) is 0 Å². The molecule has 0 heterocycles. The summed E-state index contributed by atoms with van der Waals surface area (Å²) in [6.45, 7) is 6.24. The average Bonchev–Trinajstić information content (AvgIpc) is 2.65. The number of esters is 1. The number of hydrogen-bond donors (Lipinski definition) is 1. The first-order valence-electron chi connectivity index (χ1n) is 9.80. The minimum absolute atomic E-state index is 0.215.